The van der Waals surface area contributed by atoms with Gasteiger partial charge in [0.25, 0.3) is 0 Å². The van der Waals surface area contributed by atoms with Gasteiger partial charge in [-0.2, -0.15) is 5.26 Å². The van der Waals surface area contributed by atoms with Crippen molar-refractivity contribution < 1.29 is 19.0 Å². The van der Waals surface area contributed by atoms with Crippen LogP contribution in [0.4, 0.5) is 0 Å². The molecule has 40 heavy (non-hydrogen) atoms. The van der Waals surface area contributed by atoms with Crippen molar-refractivity contribution in [1.29, 1.82) is 5.26 Å². The van der Waals surface area contributed by atoms with Crippen LogP contribution in [0.5, 0.6) is 17.2 Å². The number of hydrogen-bond donors (Lipinski definition) is 1. The zero-order valence-corrected chi connectivity index (χ0v) is 24.4. The summed E-state index contributed by atoms with van der Waals surface area (Å²) in [6, 6.07) is 18.0. The maximum Gasteiger partial charge on any atom is 0.355 e. The largest absolute Gasteiger partial charge is 0.494 e. The molecule has 4 aromatic rings. The van der Waals surface area contributed by atoms with Crippen LogP contribution < -0.4 is 19.9 Å². The van der Waals surface area contributed by atoms with Crippen molar-refractivity contribution in [1.82, 2.24) is 0 Å². The van der Waals surface area contributed by atoms with Crippen LogP contribution in [0.1, 0.15) is 52.9 Å². The number of allylic oxidation sites excluding steroid dienone is 1. The van der Waals surface area contributed by atoms with Crippen molar-refractivity contribution >= 4 is 62.2 Å². The molecule has 0 aliphatic carbocycles. The molecule has 2 N–H and O–H groups in total. The number of nitriles is 1. The molecule has 0 amide bonds. The van der Waals surface area contributed by atoms with Gasteiger partial charge in [-0.05, 0) is 42.3 Å². The molecule has 0 fully saturated rings. The summed E-state index contributed by atoms with van der Waals surface area (Å²) in [4.78, 5) is 13.3. The Morgan fingerprint density at radius 1 is 1.07 bits per heavy atom. The molecule has 10 heteroatoms. The third-order valence-corrected chi connectivity index (χ3v) is 8.59. The fourth-order valence-electron chi connectivity index (χ4n) is 4.54. The number of thiophene rings is 1. The van der Waals surface area contributed by atoms with E-state index < -0.39 is 11.9 Å². The summed E-state index contributed by atoms with van der Waals surface area (Å²) in [6.45, 7) is 2.80. The fraction of sp³-hybridized carbons (Fsp3) is 0.200. The second kappa shape index (κ2) is 12.0. The van der Waals surface area contributed by atoms with E-state index in [1.54, 1.807) is 30.3 Å². The molecule has 6 nitrogen and oxygen atoms in total. The van der Waals surface area contributed by atoms with Gasteiger partial charge in [0.2, 0.25) is 5.88 Å². The summed E-state index contributed by atoms with van der Waals surface area (Å²) in [7, 11) is 0. The van der Waals surface area contributed by atoms with E-state index in [4.69, 9.17) is 54.7 Å². The summed E-state index contributed by atoms with van der Waals surface area (Å²) in [5.74, 6) is 0.238. The minimum absolute atomic E-state index is 0.0116. The zero-order chi connectivity index (χ0) is 28.4. The predicted molar refractivity (Wildman–Crippen MR) is 159 cm³/mol. The molecule has 1 aromatic heterocycles. The lowest BCUT2D eigenvalue weighted by Crippen LogP contribution is -2.21. The molecule has 0 radical (unpaired) electrons. The Morgan fingerprint density at radius 2 is 1.82 bits per heavy atom. The lowest BCUT2D eigenvalue weighted by molar-refractivity contribution is 0.0740. The summed E-state index contributed by atoms with van der Waals surface area (Å²) < 4.78 is 17.9. The van der Waals surface area contributed by atoms with Gasteiger partial charge < -0.3 is 19.9 Å². The molecule has 1 aliphatic rings. The van der Waals surface area contributed by atoms with Crippen LogP contribution in [0.3, 0.4) is 0 Å². The Bertz CT molecular complexity index is 1680. The number of carbonyl (C=O) groups excluding carboxylic acids is 1. The molecule has 0 spiro atoms. The number of esters is 1. The maximum atomic E-state index is 13.1. The first-order valence-corrected chi connectivity index (χ1v) is 14.5. The van der Waals surface area contributed by atoms with Crippen LogP contribution in [0.2, 0.25) is 15.1 Å². The summed E-state index contributed by atoms with van der Waals surface area (Å²) >= 11 is 20.0. The highest BCUT2D eigenvalue weighted by Crippen LogP contribution is 2.45. The number of halogens is 3. The second-order valence-electron chi connectivity index (χ2n) is 9.14. The minimum Gasteiger partial charge on any atom is -0.494 e. The molecular weight excluding hydrogens is 591 g/mol. The number of rotatable bonds is 8. The molecular formula is C30H23Cl3N2O4S. The van der Waals surface area contributed by atoms with Crippen LogP contribution in [-0.4, -0.2) is 12.6 Å². The first-order chi connectivity index (χ1) is 19.3. The first-order valence-electron chi connectivity index (χ1n) is 12.5. The van der Waals surface area contributed by atoms with E-state index in [9.17, 15) is 10.1 Å². The molecule has 5 rings (SSSR count). The third kappa shape index (κ3) is 5.59. The molecule has 0 saturated carbocycles. The SMILES string of the molecule is CCCCCOc1ccc(C2C(C#N)=C(N)Oc3cc(OC(=O)c4sc5cc(Cl)cc(Cl)c5c4Cl)ccc32)cc1. The van der Waals surface area contributed by atoms with Gasteiger partial charge in [-0.25, -0.2) is 4.79 Å². The third-order valence-electron chi connectivity index (χ3n) is 6.47. The molecule has 1 aliphatic heterocycles. The Kier molecular flexibility index (Phi) is 8.43. The average Bonchev–Trinajstić information content (AvgIpc) is 3.27. The van der Waals surface area contributed by atoms with Crippen LogP contribution in [0.15, 0.2) is 66.1 Å². The van der Waals surface area contributed by atoms with Crippen molar-refractivity contribution in [3.63, 3.8) is 0 Å². The molecule has 0 saturated heterocycles. The van der Waals surface area contributed by atoms with Gasteiger partial charge >= 0.3 is 5.97 Å². The van der Waals surface area contributed by atoms with Crippen molar-refractivity contribution in [2.75, 3.05) is 6.61 Å². The van der Waals surface area contributed by atoms with Gasteiger partial charge in [0.1, 0.15) is 33.8 Å². The summed E-state index contributed by atoms with van der Waals surface area (Å²) in [5, 5.41) is 11.4. The van der Waals surface area contributed by atoms with E-state index in [-0.39, 0.29) is 21.5 Å². The van der Waals surface area contributed by atoms with Crippen molar-refractivity contribution in [3.8, 4) is 23.3 Å². The number of benzene rings is 3. The van der Waals surface area contributed by atoms with Crippen LogP contribution in [0.25, 0.3) is 10.1 Å². The minimum atomic E-state index is -0.651. The first kappa shape index (κ1) is 28.1. The van der Waals surface area contributed by atoms with Gasteiger partial charge in [0.15, 0.2) is 0 Å². The van der Waals surface area contributed by atoms with Crippen molar-refractivity contribution in [3.05, 3.63) is 97.1 Å². The molecule has 1 atom stereocenters. The number of unbranched alkanes of at least 4 members (excludes halogenated alkanes) is 2. The predicted octanol–water partition coefficient (Wildman–Crippen LogP) is 8.87. The molecule has 0 bridgehead atoms. The normalized spacial score (nSPS) is 14.4. The molecule has 3 aromatic carbocycles. The fourth-order valence-corrected chi connectivity index (χ4v) is 6.78. The standard InChI is InChI=1S/C30H23Cl3N2O4S/c1-2-3-4-11-37-18-7-5-16(6-8-18)25-20-10-9-19(14-23(20)39-29(35)21(25)15-34)38-30(36)28-27(33)26-22(32)12-17(31)13-24(26)40-28/h5-10,12-14,25H,2-4,11,35H2,1H3. The molecule has 1 unspecified atom stereocenters. The maximum absolute atomic E-state index is 13.1. The van der Waals surface area contributed by atoms with Gasteiger partial charge in [-0.15, -0.1) is 11.3 Å². The van der Waals surface area contributed by atoms with E-state index in [1.165, 1.54) is 0 Å². The highest BCUT2D eigenvalue weighted by Gasteiger charge is 2.31. The highest BCUT2D eigenvalue weighted by atomic mass is 35.5. The number of ether oxygens (including phenoxy) is 3. The Labute approximate surface area is 250 Å². The second-order valence-corrected chi connectivity index (χ2v) is 11.4. The van der Waals surface area contributed by atoms with E-state index in [1.807, 2.05) is 24.3 Å². The van der Waals surface area contributed by atoms with Crippen LogP contribution >= 0.6 is 46.1 Å². The smallest absolute Gasteiger partial charge is 0.355 e. The number of nitrogens with zero attached hydrogens (tertiary/aromatic N) is 1. The Balaban J connectivity index is 1.41. The Hall–Kier alpha value is -3.41. The van der Waals surface area contributed by atoms with Crippen molar-refractivity contribution in [2.24, 2.45) is 5.73 Å². The highest BCUT2D eigenvalue weighted by molar-refractivity contribution is 7.21. The number of nitrogens with two attached hydrogens (primary N) is 1. The average molecular weight is 614 g/mol. The summed E-state index contributed by atoms with van der Waals surface area (Å²) in [6.07, 6.45) is 3.23. The number of carbonyl (C=O) groups is 1. The number of hydrogen-bond acceptors (Lipinski definition) is 7. The monoisotopic (exact) mass is 612 g/mol. The lowest BCUT2D eigenvalue weighted by atomic mass is 9.83. The van der Waals surface area contributed by atoms with E-state index in [0.717, 1.165) is 41.9 Å². The van der Waals surface area contributed by atoms with Crippen LogP contribution in [-0.2, 0) is 0 Å². The molecule has 2 heterocycles. The Morgan fingerprint density at radius 3 is 2.55 bits per heavy atom. The van der Waals surface area contributed by atoms with E-state index in [0.29, 0.717) is 43.6 Å². The number of fused-ring (bicyclic) bond motifs is 2. The summed E-state index contributed by atoms with van der Waals surface area (Å²) in [5.41, 5.74) is 8.01. The van der Waals surface area contributed by atoms with E-state index in [2.05, 4.69) is 13.0 Å². The van der Waals surface area contributed by atoms with Gasteiger partial charge in [0.05, 0.1) is 22.6 Å². The lowest BCUT2D eigenvalue weighted by Gasteiger charge is -2.26. The van der Waals surface area contributed by atoms with Crippen molar-refractivity contribution in [2.45, 2.75) is 32.1 Å². The molecule has 204 valence electrons. The zero-order valence-electron chi connectivity index (χ0n) is 21.3. The topological polar surface area (TPSA) is 94.6 Å². The van der Waals surface area contributed by atoms with Crippen LogP contribution in [0, 0.1) is 11.3 Å². The van der Waals surface area contributed by atoms with Gasteiger partial charge in [-0.1, -0.05) is 72.8 Å². The van der Waals surface area contributed by atoms with Gasteiger partial charge in [-0.3, -0.25) is 0 Å². The van der Waals surface area contributed by atoms with E-state index >= 15 is 0 Å². The quantitative estimate of drug-likeness (QED) is 0.121. The van der Waals surface area contributed by atoms with Gasteiger partial charge in [0, 0.05) is 26.7 Å².